The van der Waals surface area contributed by atoms with Crippen molar-refractivity contribution >= 4 is 23.8 Å². The first kappa shape index (κ1) is 27.8. The number of hydrogen-bond acceptors (Lipinski definition) is 4. The predicted molar refractivity (Wildman–Crippen MR) is 182 cm³/mol. The molecule has 2 N–H and O–H groups in total. The van der Waals surface area contributed by atoms with E-state index in [9.17, 15) is 10.2 Å². The van der Waals surface area contributed by atoms with E-state index in [1.807, 2.05) is 48.5 Å². The SMILES string of the molecule is CCCC1(C)c2ccccc2-c2cc(O)c(C=Nc3ccccc3N=Cc3cc4c(cc3O)-c3ccccc3C4(C)C)cc21. The molecule has 0 saturated heterocycles. The number of nitrogens with zero attached hydrogens (tertiary/aromatic N) is 2. The minimum Gasteiger partial charge on any atom is -0.507 e. The second-order valence-corrected chi connectivity index (χ2v) is 12.7. The quantitative estimate of drug-likeness (QED) is 0.198. The summed E-state index contributed by atoms with van der Waals surface area (Å²) in [7, 11) is 0. The van der Waals surface area contributed by atoms with Crippen LogP contribution in [0.2, 0.25) is 0 Å². The molecule has 7 rings (SSSR count). The number of aliphatic imine (C=N–C) groups is 2. The molecule has 5 aromatic rings. The first-order valence-corrected chi connectivity index (χ1v) is 15.3. The highest BCUT2D eigenvalue weighted by Crippen LogP contribution is 2.53. The average Bonchev–Trinajstić information content (AvgIpc) is 3.39. The van der Waals surface area contributed by atoms with E-state index in [4.69, 9.17) is 9.98 Å². The summed E-state index contributed by atoms with van der Waals surface area (Å²) in [6.07, 6.45) is 5.52. The van der Waals surface area contributed by atoms with Crippen LogP contribution in [0.4, 0.5) is 11.4 Å². The molecular formula is C40H36N2O2. The van der Waals surface area contributed by atoms with Gasteiger partial charge < -0.3 is 10.2 Å². The maximum Gasteiger partial charge on any atom is 0.124 e. The van der Waals surface area contributed by atoms with Crippen LogP contribution in [0.3, 0.4) is 0 Å². The Labute approximate surface area is 259 Å². The lowest BCUT2D eigenvalue weighted by molar-refractivity contribution is 0.473. The molecule has 0 aromatic heterocycles. The first-order chi connectivity index (χ1) is 21.2. The van der Waals surface area contributed by atoms with Gasteiger partial charge in [0.15, 0.2) is 0 Å². The fourth-order valence-electron chi connectivity index (χ4n) is 7.32. The number of benzene rings is 5. The van der Waals surface area contributed by atoms with Gasteiger partial charge in [-0.2, -0.15) is 0 Å². The van der Waals surface area contributed by atoms with E-state index in [1.54, 1.807) is 12.4 Å². The van der Waals surface area contributed by atoms with Crippen molar-refractivity contribution in [1.82, 2.24) is 0 Å². The molecule has 0 heterocycles. The van der Waals surface area contributed by atoms with E-state index >= 15 is 0 Å². The number of hydrogen-bond donors (Lipinski definition) is 2. The average molecular weight is 577 g/mol. The highest BCUT2D eigenvalue weighted by Gasteiger charge is 2.39. The Kier molecular flexibility index (Phi) is 6.55. The molecule has 2 aliphatic carbocycles. The van der Waals surface area contributed by atoms with Gasteiger partial charge in [0.2, 0.25) is 0 Å². The van der Waals surface area contributed by atoms with Gasteiger partial charge in [0.1, 0.15) is 11.5 Å². The lowest BCUT2D eigenvalue weighted by Crippen LogP contribution is -2.20. The topological polar surface area (TPSA) is 65.2 Å². The van der Waals surface area contributed by atoms with Gasteiger partial charge in [0.25, 0.3) is 0 Å². The molecule has 0 saturated carbocycles. The summed E-state index contributed by atoms with van der Waals surface area (Å²) in [6.45, 7) is 8.96. The van der Waals surface area contributed by atoms with Crippen LogP contribution < -0.4 is 0 Å². The molecule has 1 atom stereocenters. The molecule has 218 valence electrons. The molecule has 0 fully saturated rings. The van der Waals surface area contributed by atoms with Crippen LogP contribution in [-0.2, 0) is 10.8 Å². The lowest BCUT2D eigenvalue weighted by Gasteiger charge is -2.27. The summed E-state index contributed by atoms with van der Waals surface area (Å²) in [6, 6.07) is 32.5. The third kappa shape index (κ3) is 4.28. The van der Waals surface area contributed by atoms with Gasteiger partial charge in [-0.25, -0.2) is 0 Å². The molecular weight excluding hydrogens is 540 g/mol. The van der Waals surface area contributed by atoms with Gasteiger partial charge in [-0.3, -0.25) is 9.98 Å². The molecule has 0 amide bonds. The molecule has 44 heavy (non-hydrogen) atoms. The minimum atomic E-state index is -0.170. The number of aromatic hydroxyl groups is 2. The smallest absolute Gasteiger partial charge is 0.124 e. The van der Waals surface area contributed by atoms with E-state index in [0.717, 1.165) is 24.0 Å². The zero-order valence-corrected chi connectivity index (χ0v) is 25.6. The van der Waals surface area contributed by atoms with E-state index in [-0.39, 0.29) is 22.3 Å². The molecule has 0 aliphatic heterocycles. The third-order valence-corrected chi connectivity index (χ3v) is 9.62. The van der Waals surface area contributed by atoms with Crippen LogP contribution in [0.5, 0.6) is 11.5 Å². The van der Waals surface area contributed by atoms with Crippen molar-refractivity contribution in [2.45, 2.75) is 51.4 Å². The standard InChI is InChI=1S/C40H36N2O2/c1-5-18-40(4)32-15-9-7-13-28(32)30-22-38(44)26(20-34(30)40)24-42-36-17-11-10-16-35(36)41-23-25-19-33-29(21-37(25)43)27-12-6-8-14-31(27)39(33,2)3/h6-17,19-24,43-44H,5,18H2,1-4H3. The molecule has 4 heteroatoms. The van der Waals surface area contributed by atoms with Gasteiger partial charge in [-0.1, -0.05) is 94.8 Å². The number of phenolic OH excluding ortho intramolecular Hbond substituents is 2. The minimum absolute atomic E-state index is 0.118. The van der Waals surface area contributed by atoms with Gasteiger partial charge in [-0.05, 0) is 87.3 Å². The highest BCUT2D eigenvalue weighted by molar-refractivity contribution is 5.94. The van der Waals surface area contributed by atoms with Crippen molar-refractivity contribution in [2.24, 2.45) is 9.98 Å². The second kappa shape index (κ2) is 10.3. The molecule has 1 unspecified atom stereocenters. The van der Waals surface area contributed by atoms with Crippen molar-refractivity contribution in [3.8, 4) is 33.8 Å². The van der Waals surface area contributed by atoms with E-state index in [1.165, 1.54) is 33.4 Å². The van der Waals surface area contributed by atoms with Crippen LogP contribution in [0.25, 0.3) is 22.3 Å². The zero-order chi connectivity index (χ0) is 30.6. The van der Waals surface area contributed by atoms with Gasteiger partial charge in [0.05, 0.1) is 11.4 Å². The maximum atomic E-state index is 11.1. The summed E-state index contributed by atoms with van der Waals surface area (Å²) in [5.74, 6) is 0.399. The Morgan fingerprint density at radius 3 is 1.64 bits per heavy atom. The Balaban J connectivity index is 1.22. The van der Waals surface area contributed by atoms with Crippen LogP contribution >= 0.6 is 0 Å². The largest absolute Gasteiger partial charge is 0.507 e. The Bertz CT molecular complexity index is 2000. The molecule has 5 aromatic carbocycles. The van der Waals surface area contributed by atoms with Crippen molar-refractivity contribution in [1.29, 1.82) is 0 Å². The van der Waals surface area contributed by atoms with Gasteiger partial charge in [-0.15, -0.1) is 0 Å². The predicted octanol–water partition coefficient (Wildman–Crippen LogP) is 9.99. The van der Waals surface area contributed by atoms with Crippen molar-refractivity contribution in [3.63, 3.8) is 0 Å². The van der Waals surface area contributed by atoms with Crippen molar-refractivity contribution in [3.05, 3.63) is 130 Å². The van der Waals surface area contributed by atoms with Gasteiger partial charge in [0, 0.05) is 34.4 Å². The van der Waals surface area contributed by atoms with E-state index < -0.39 is 0 Å². The molecule has 2 aliphatic rings. The molecule has 0 spiro atoms. The Hall–Kier alpha value is -4.96. The monoisotopic (exact) mass is 576 g/mol. The first-order valence-electron chi connectivity index (χ1n) is 15.3. The number of rotatable bonds is 6. The van der Waals surface area contributed by atoms with Crippen LogP contribution in [0.1, 0.15) is 73.9 Å². The van der Waals surface area contributed by atoms with Crippen molar-refractivity contribution in [2.75, 3.05) is 0 Å². The fourth-order valence-corrected chi connectivity index (χ4v) is 7.32. The second-order valence-electron chi connectivity index (χ2n) is 12.7. The Morgan fingerprint density at radius 1 is 0.568 bits per heavy atom. The highest BCUT2D eigenvalue weighted by atomic mass is 16.3. The van der Waals surface area contributed by atoms with Crippen LogP contribution in [0, 0.1) is 0 Å². The van der Waals surface area contributed by atoms with E-state index in [0.29, 0.717) is 22.5 Å². The summed E-state index contributed by atoms with van der Waals surface area (Å²) >= 11 is 0. The van der Waals surface area contributed by atoms with Crippen LogP contribution in [0.15, 0.2) is 107 Å². The summed E-state index contributed by atoms with van der Waals surface area (Å²) in [4.78, 5) is 9.55. The number of para-hydroxylation sites is 2. The number of phenols is 2. The third-order valence-electron chi connectivity index (χ3n) is 9.62. The lowest BCUT2D eigenvalue weighted by atomic mass is 9.76. The summed E-state index contributed by atoms with van der Waals surface area (Å²) < 4.78 is 0. The normalized spacial score (nSPS) is 17.5. The molecule has 0 radical (unpaired) electrons. The number of fused-ring (bicyclic) bond motifs is 6. The maximum absolute atomic E-state index is 11.1. The van der Waals surface area contributed by atoms with Crippen LogP contribution in [-0.4, -0.2) is 22.6 Å². The molecule has 0 bridgehead atoms. The summed E-state index contributed by atoms with van der Waals surface area (Å²) in [5, 5.41) is 22.0. The Morgan fingerprint density at radius 2 is 1.05 bits per heavy atom. The zero-order valence-electron chi connectivity index (χ0n) is 25.6. The van der Waals surface area contributed by atoms with E-state index in [2.05, 4.69) is 76.2 Å². The molecule has 4 nitrogen and oxygen atoms in total. The fraction of sp³-hybridized carbons (Fsp3) is 0.200. The van der Waals surface area contributed by atoms with Crippen molar-refractivity contribution < 1.29 is 10.2 Å². The summed E-state index contributed by atoms with van der Waals surface area (Å²) in [5.41, 5.74) is 11.9. The van der Waals surface area contributed by atoms with Gasteiger partial charge >= 0.3 is 0 Å².